The molecule has 0 saturated heterocycles. The largest absolute Gasteiger partial charge is 0.379 e. The minimum atomic E-state index is -0.0176. The summed E-state index contributed by atoms with van der Waals surface area (Å²) in [6, 6.07) is 4.44. The topological polar surface area (TPSA) is 56.8 Å². The highest BCUT2D eigenvalue weighted by Crippen LogP contribution is 2.09. The van der Waals surface area contributed by atoms with Crippen LogP contribution < -0.4 is 0 Å². The average molecular weight is 208 g/mol. The predicted molar refractivity (Wildman–Crippen MR) is 58.8 cm³/mol. The lowest BCUT2D eigenvalue weighted by Gasteiger charge is -2.11. The zero-order valence-corrected chi connectivity index (χ0v) is 9.70. The van der Waals surface area contributed by atoms with Gasteiger partial charge in [-0.2, -0.15) is 10.5 Å². The molecule has 0 spiro atoms. The molecule has 0 rings (SSSR count). The van der Waals surface area contributed by atoms with Crippen molar-refractivity contribution < 1.29 is 4.74 Å². The smallest absolute Gasteiger partial charge is 0.0697 e. The molecule has 0 aromatic carbocycles. The predicted octanol–water partition coefficient (Wildman–Crippen LogP) is 2.88. The molecule has 0 aliphatic rings. The molecule has 3 heteroatoms. The summed E-state index contributed by atoms with van der Waals surface area (Å²) in [6.07, 6.45) is 3.75. The van der Waals surface area contributed by atoms with Gasteiger partial charge in [0.1, 0.15) is 0 Å². The first-order chi connectivity index (χ1) is 7.28. The van der Waals surface area contributed by atoms with Gasteiger partial charge in [0.15, 0.2) is 0 Å². The lowest BCUT2D eigenvalue weighted by molar-refractivity contribution is 0.0920. The molecule has 2 unspecified atom stereocenters. The van der Waals surface area contributed by atoms with Gasteiger partial charge in [0, 0.05) is 0 Å². The van der Waals surface area contributed by atoms with Crippen LogP contribution in [0.1, 0.15) is 39.5 Å². The van der Waals surface area contributed by atoms with Gasteiger partial charge < -0.3 is 4.74 Å². The highest BCUT2D eigenvalue weighted by molar-refractivity contribution is 4.84. The second-order valence-electron chi connectivity index (χ2n) is 3.77. The molecule has 0 fully saturated rings. The van der Waals surface area contributed by atoms with Crippen LogP contribution in [-0.4, -0.2) is 13.2 Å². The third-order valence-corrected chi connectivity index (χ3v) is 2.28. The molecule has 0 radical (unpaired) electrons. The Hall–Kier alpha value is -1.06. The third kappa shape index (κ3) is 6.94. The molecule has 2 atom stereocenters. The normalized spacial score (nSPS) is 13.9. The first-order valence-corrected chi connectivity index (χ1v) is 5.65. The van der Waals surface area contributed by atoms with E-state index in [0.29, 0.717) is 13.2 Å². The Morgan fingerprint density at radius 3 is 1.60 bits per heavy atom. The summed E-state index contributed by atoms with van der Waals surface area (Å²) in [4.78, 5) is 0. The van der Waals surface area contributed by atoms with Crippen molar-refractivity contribution in [3.8, 4) is 12.1 Å². The van der Waals surface area contributed by atoms with Gasteiger partial charge in [-0.15, -0.1) is 0 Å². The first-order valence-electron chi connectivity index (χ1n) is 5.65. The molecular formula is C12H20N2O. The van der Waals surface area contributed by atoms with Gasteiger partial charge in [0.2, 0.25) is 0 Å². The van der Waals surface area contributed by atoms with E-state index < -0.39 is 0 Å². The van der Waals surface area contributed by atoms with Crippen molar-refractivity contribution in [1.82, 2.24) is 0 Å². The maximum Gasteiger partial charge on any atom is 0.0697 e. The Labute approximate surface area is 92.7 Å². The van der Waals surface area contributed by atoms with Gasteiger partial charge in [-0.1, -0.05) is 26.7 Å². The van der Waals surface area contributed by atoms with E-state index in [2.05, 4.69) is 26.0 Å². The van der Waals surface area contributed by atoms with Crippen molar-refractivity contribution in [1.29, 1.82) is 10.5 Å². The molecule has 0 aromatic heterocycles. The summed E-state index contributed by atoms with van der Waals surface area (Å²) in [5.74, 6) is -0.0352. The molecule has 0 saturated carbocycles. The standard InChI is InChI=1S/C12H20N2O/c1-3-5-11(7-13)9-15-10-12(8-14)6-4-2/h11-12H,3-6,9-10H2,1-2H3. The Kier molecular flexibility index (Phi) is 8.82. The fourth-order valence-electron chi connectivity index (χ4n) is 1.42. The SMILES string of the molecule is CCCC(C#N)COCC(C#N)CCC. The Morgan fingerprint density at radius 1 is 0.933 bits per heavy atom. The van der Waals surface area contributed by atoms with Crippen molar-refractivity contribution in [2.75, 3.05) is 13.2 Å². The van der Waals surface area contributed by atoms with E-state index in [9.17, 15) is 0 Å². The summed E-state index contributed by atoms with van der Waals surface area (Å²) in [7, 11) is 0. The second-order valence-corrected chi connectivity index (χ2v) is 3.77. The fraction of sp³-hybridized carbons (Fsp3) is 0.833. The van der Waals surface area contributed by atoms with Crippen molar-refractivity contribution in [3.05, 3.63) is 0 Å². The van der Waals surface area contributed by atoms with Gasteiger partial charge in [-0.05, 0) is 12.8 Å². The van der Waals surface area contributed by atoms with Crippen LogP contribution >= 0.6 is 0 Å². The summed E-state index contributed by atoms with van der Waals surface area (Å²) < 4.78 is 5.40. The van der Waals surface area contributed by atoms with Crippen molar-refractivity contribution in [2.24, 2.45) is 11.8 Å². The van der Waals surface area contributed by atoms with E-state index in [1.807, 2.05) is 0 Å². The van der Waals surface area contributed by atoms with Crippen LogP contribution in [0.2, 0.25) is 0 Å². The molecule has 0 aromatic rings. The van der Waals surface area contributed by atoms with Gasteiger partial charge in [0.25, 0.3) is 0 Å². The number of hydrogen-bond acceptors (Lipinski definition) is 3. The van der Waals surface area contributed by atoms with Crippen LogP contribution in [0, 0.1) is 34.5 Å². The summed E-state index contributed by atoms with van der Waals surface area (Å²) in [5.41, 5.74) is 0. The molecule has 0 N–H and O–H groups in total. The van der Waals surface area contributed by atoms with Gasteiger partial charge in [-0.3, -0.25) is 0 Å². The minimum absolute atomic E-state index is 0.0176. The third-order valence-electron chi connectivity index (χ3n) is 2.28. The molecule has 84 valence electrons. The number of hydrogen-bond donors (Lipinski definition) is 0. The quantitative estimate of drug-likeness (QED) is 0.616. The highest BCUT2D eigenvalue weighted by atomic mass is 16.5. The van der Waals surface area contributed by atoms with Crippen LogP contribution in [0.3, 0.4) is 0 Å². The zero-order valence-electron chi connectivity index (χ0n) is 9.70. The molecular weight excluding hydrogens is 188 g/mol. The molecule has 0 amide bonds. The Morgan fingerprint density at radius 2 is 1.33 bits per heavy atom. The first kappa shape index (κ1) is 13.9. The lowest BCUT2D eigenvalue weighted by Crippen LogP contribution is -2.13. The average Bonchev–Trinajstić information content (AvgIpc) is 2.26. The van der Waals surface area contributed by atoms with Crippen molar-refractivity contribution in [2.45, 2.75) is 39.5 Å². The summed E-state index contributed by atoms with van der Waals surface area (Å²) in [5, 5.41) is 17.6. The van der Waals surface area contributed by atoms with Crippen LogP contribution in [0.25, 0.3) is 0 Å². The van der Waals surface area contributed by atoms with Crippen LogP contribution in [-0.2, 0) is 4.74 Å². The van der Waals surface area contributed by atoms with E-state index in [1.54, 1.807) is 0 Å². The lowest BCUT2D eigenvalue weighted by atomic mass is 10.1. The van der Waals surface area contributed by atoms with E-state index in [0.717, 1.165) is 25.7 Å². The number of rotatable bonds is 8. The highest BCUT2D eigenvalue weighted by Gasteiger charge is 2.09. The Bertz CT molecular complexity index is 203. The monoisotopic (exact) mass is 208 g/mol. The van der Waals surface area contributed by atoms with Crippen LogP contribution in [0.15, 0.2) is 0 Å². The zero-order chi connectivity index (χ0) is 11.5. The van der Waals surface area contributed by atoms with Gasteiger partial charge >= 0.3 is 0 Å². The molecule has 0 heterocycles. The second kappa shape index (κ2) is 9.49. The van der Waals surface area contributed by atoms with Gasteiger partial charge in [0.05, 0.1) is 37.2 Å². The van der Waals surface area contributed by atoms with Crippen molar-refractivity contribution >= 4 is 0 Å². The molecule has 0 bridgehead atoms. The number of nitriles is 2. The summed E-state index contributed by atoms with van der Waals surface area (Å²) >= 11 is 0. The number of nitrogens with zero attached hydrogens (tertiary/aromatic N) is 2. The molecule has 0 aliphatic carbocycles. The van der Waals surface area contributed by atoms with Crippen molar-refractivity contribution in [3.63, 3.8) is 0 Å². The van der Waals surface area contributed by atoms with E-state index in [-0.39, 0.29) is 11.8 Å². The molecule has 0 aliphatic heterocycles. The minimum Gasteiger partial charge on any atom is -0.379 e. The van der Waals surface area contributed by atoms with Crippen LogP contribution in [0.5, 0.6) is 0 Å². The van der Waals surface area contributed by atoms with Gasteiger partial charge in [-0.25, -0.2) is 0 Å². The molecule has 15 heavy (non-hydrogen) atoms. The maximum atomic E-state index is 8.79. The fourth-order valence-corrected chi connectivity index (χ4v) is 1.42. The van der Waals surface area contributed by atoms with E-state index in [1.165, 1.54) is 0 Å². The Balaban J connectivity index is 3.67. The maximum absolute atomic E-state index is 8.79. The van der Waals surface area contributed by atoms with E-state index in [4.69, 9.17) is 15.3 Å². The summed E-state index contributed by atoms with van der Waals surface area (Å²) in [6.45, 7) is 5.04. The number of ether oxygens (including phenoxy) is 1. The molecule has 3 nitrogen and oxygen atoms in total. The van der Waals surface area contributed by atoms with Crippen LogP contribution in [0.4, 0.5) is 0 Å². The van der Waals surface area contributed by atoms with E-state index >= 15 is 0 Å².